The van der Waals surface area contributed by atoms with Crippen molar-refractivity contribution in [2.75, 3.05) is 0 Å². The number of aromatic nitrogens is 1. The van der Waals surface area contributed by atoms with Crippen LogP contribution in [0, 0.1) is 0 Å². The second-order valence-electron chi connectivity index (χ2n) is 3.62. The molecule has 96 valence electrons. The van der Waals surface area contributed by atoms with Gasteiger partial charge in [-0.05, 0) is 29.3 Å². The third-order valence-corrected chi connectivity index (χ3v) is 2.33. The predicted molar refractivity (Wildman–Crippen MR) is 53.9 cm³/mol. The zero-order valence-electron chi connectivity index (χ0n) is 9.03. The van der Waals surface area contributed by atoms with Gasteiger partial charge < -0.3 is 4.42 Å². The monoisotopic (exact) mass is 259 g/mol. The van der Waals surface area contributed by atoms with Crippen molar-refractivity contribution in [3.8, 4) is 0 Å². The fourth-order valence-corrected chi connectivity index (χ4v) is 1.43. The molecule has 0 saturated carbocycles. The predicted octanol–water partition coefficient (Wildman–Crippen LogP) is 2.43. The smallest absolute Gasteiger partial charge is 0.375 e. The number of alkyl halides is 3. The third kappa shape index (κ3) is 2.99. The second kappa shape index (κ2) is 4.67. The van der Waals surface area contributed by atoms with Gasteiger partial charge in [-0.1, -0.05) is 12.1 Å². The van der Waals surface area contributed by atoms with Gasteiger partial charge in [0.2, 0.25) is 5.89 Å². The summed E-state index contributed by atoms with van der Waals surface area (Å²) in [5, 5.41) is 3.35. The van der Waals surface area contributed by atoms with Crippen LogP contribution in [0.3, 0.4) is 0 Å². The van der Waals surface area contributed by atoms with Crippen LogP contribution in [-0.2, 0) is 19.0 Å². The van der Waals surface area contributed by atoms with Gasteiger partial charge in [-0.15, -0.1) is 0 Å². The summed E-state index contributed by atoms with van der Waals surface area (Å²) in [6, 6.07) is 4.77. The van der Waals surface area contributed by atoms with E-state index < -0.39 is 17.6 Å². The highest BCUT2D eigenvalue weighted by atomic mass is 19.4. The van der Waals surface area contributed by atoms with Crippen LogP contribution >= 0.6 is 0 Å². The zero-order valence-corrected chi connectivity index (χ0v) is 9.03. The molecule has 1 heterocycles. The molecule has 0 amide bonds. The van der Waals surface area contributed by atoms with Crippen molar-refractivity contribution in [3.05, 3.63) is 51.9 Å². The standard InChI is InChI=1S/C11H8F3NO3/c12-11(13,14)8-4-1-7(2-5-8)3-6-9-15-18-10(16)17-9/h1-2,4-5H,3,6H2. The van der Waals surface area contributed by atoms with E-state index in [1.54, 1.807) is 0 Å². The number of benzene rings is 1. The summed E-state index contributed by atoms with van der Waals surface area (Å²) in [6.45, 7) is 0. The molecule has 0 spiro atoms. The Morgan fingerprint density at radius 2 is 1.78 bits per heavy atom. The minimum Gasteiger partial charge on any atom is -0.375 e. The largest absolute Gasteiger partial charge is 0.542 e. The van der Waals surface area contributed by atoms with E-state index in [1.807, 2.05) is 0 Å². The maximum atomic E-state index is 12.3. The third-order valence-electron chi connectivity index (χ3n) is 2.33. The minimum atomic E-state index is -4.34. The Labute approximate surface area is 99.0 Å². The van der Waals surface area contributed by atoms with Gasteiger partial charge >= 0.3 is 12.0 Å². The Morgan fingerprint density at radius 3 is 2.28 bits per heavy atom. The summed E-state index contributed by atoms with van der Waals surface area (Å²) in [6.07, 6.45) is -3.64. The van der Waals surface area contributed by atoms with Gasteiger partial charge in [-0.3, -0.25) is 4.52 Å². The second-order valence-corrected chi connectivity index (χ2v) is 3.62. The van der Waals surface area contributed by atoms with Crippen LogP contribution in [-0.4, -0.2) is 5.16 Å². The number of rotatable bonds is 3. The Morgan fingerprint density at radius 1 is 1.11 bits per heavy atom. The van der Waals surface area contributed by atoms with Crippen LogP contribution in [0.5, 0.6) is 0 Å². The van der Waals surface area contributed by atoms with Crippen LogP contribution in [0.1, 0.15) is 17.0 Å². The van der Waals surface area contributed by atoms with E-state index in [4.69, 9.17) is 0 Å². The van der Waals surface area contributed by atoms with Crippen LogP contribution in [0.25, 0.3) is 0 Å². The van der Waals surface area contributed by atoms with E-state index in [2.05, 4.69) is 14.1 Å². The molecule has 2 aromatic rings. The Kier molecular flexibility index (Phi) is 3.22. The number of nitrogens with zero attached hydrogens (tertiary/aromatic N) is 1. The molecule has 1 aromatic heterocycles. The molecule has 0 bridgehead atoms. The first-order valence-electron chi connectivity index (χ1n) is 5.07. The first kappa shape index (κ1) is 12.4. The van der Waals surface area contributed by atoms with Crippen LogP contribution in [0.2, 0.25) is 0 Å². The molecule has 7 heteroatoms. The summed E-state index contributed by atoms with van der Waals surface area (Å²) in [5.41, 5.74) is -0.00660. The van der Waals surface area contributed by atoms with Crippen molar-refractivity contribution >= 4 is 0 Å². The normalized spacial score (nSPS) is 11.7. The number of halogens is 3. The van der Waals surface area contributed by atoms with Crippen molar-refractivity contribution in [3.63, 3.8) is 0 Å². The molecule has 18 heavy (non-hydrogen) atoms. The molecular formula is C11H8F3NO3. The average molecular weight is 259 g/mol. The maximum Gasteiger partial charge on any atom is 0.542 e. The molecule has 0 fully saturated rings. The van der Waals surface area contributed by atoms with E-state index in [1.165, 1.54) is 12.1 Å². The van der Waals surface area contributed by atoms with E-state index in [9.17, 15) is 18.0 Å². The molecule has 0 aliphatic heterocycles. The molecule has 0 N–H and O–H groups in total. The van der Waals surface area contributed by atoms with Gasteiger partial charge in [-0.2, -0.15) is 13.2 Å². The van der Waals surface area contributed by atoms with Gasteiger partial charge in [0.05, 0.1) is 5.56 Å². The fraction of sp³-hybridized carbons (Fsp3) is 0.273. The van der Waals surface area contributed by atoms with Crippen molar-refractivity contribution in [1.29, 1.82) is 0 Å². The average Bonchev–Trinajstić information content (AvgIpc) is 2.72. The highest BCUT2D eigenvalue weighted by molar-refractivity contribution is 5.24. The first-order chi connectivity index (χ1) is 8.45. The van der Waals surface area contributed by atoms with Crippen molar-refractivity contribution in [2.45, 2.75) is 19.0 Å². The number of aryl methyl sites for hydroxylation is 2. The SMILES string of the molecule is O=c1onc(CCc2ccc(C(F)(F)F)cc2)o1. The molecule has 0 atom stereocenters. The van der Waals surface area contributed by atoms with E-state index in [0.29, 0.717) is 12.0 Å². The Bertz CT molecular complexity index is 568. The molecule has 0 radical (unpaired) electrons. The molecule has 1 aromatic carbocycles. The molecule has 0 unspecified atom stereocenters. The van der Waals surface area contributed by atoms with Crippen LogP contribution in [0.4, 0.5) is 13.2 Å². The van der Waals surface area contributed by atoms with Gasteiger partial charge in [0.1, 0.15) is 0 Å². The van der Waals surface area contributed by atoms with Gasteiger partial charge in [0.15, 0.2) is 0 Å². The zero-order chi connectivity index (χ0) is 13.2. The van der Waals surface area contributed by atoms with Gasteiger partial charge in [-0.25, -0.2) is 4.79 Å². The van der Waals surface area contributed by atoms with Crippen LogP contribution < -0.4 is 5.82 Å². The van der Waals surface area contributed by atoms with Crippen molar-refractivity contribution in [1.82, 2.24) is 5.16 Å². The lowest BCUT2D eigenvalue weighted by Gasteiger charge is -2.06. The lowest BCUT2D eigenvalue weighted by atomic mass is 10.1. The minimum absolute atomic E-state index is 0.125. The quantitative estimate of drug-likeness (QED) is 0.849. The Hall–Kier alpha value is -2.05. The highest BCUT2D eigenvalue weighted by Crippen LogP contribution is 2.29. The molecular weight excluding hydrogens is 251 g/mol. The summed E-state index contributed by atoms with van der Waals surface area (Å²) < 4.78 is 45.7. The maximum absolute atomic E-state index is 12.3. The lowest BCUT2D eigenvalue weighted by Crippen LogP contribution is -2.04. The topological polar surface area (TPSA) is 56.2 Å². The summed E-state index contributed by atoms with van der Waals surface area (Å²) >= 11 is 0. The molecule has 0 saturated heterocycles. The van der Waals surface area contributed by atoms with E-state index in [0.717, 1.165) is 12.1 Å². The van der Waals surface area contributed by atoms with E-state index >= 15 is 0 Å². The van der Waals surface area contributed by atoms with Gasteiger partial charge in [0, 0.05) is 6.42 Å². The Balaban J connectivity index is 2.00. The molecule has 0 aliphatic rings. The lowest BCUT2D eigenvalue weighted by molar-refractivity contribution is -0.137. The van der Waals surface area contributed by atoms with E-state index in [-0.39, 0.29) is 12.3 Å². The van der Waals surface area contributed by atoms with Crippen molar-refractivity contribution in [2.24, 2.45) is 0 Å². The highest BCUT2D eigenvalue weighted by Gasteiger charge is 2.29. The number of hydrogen-bond donors (Lipinski definition) is 0. The summed E-state index contributed by atoms with van der Waals surface area (Å²) in [7, 11) is 0. The van der Waals surface area contributed by atoms with Gasteiger partial charge in [0.25, 0.3) is 0 Å². The van der Waals surface area contributed by atoms with Crippen molar-refractivity contribution < 1.29 is 22.1 Å². The molecule has 4 nitrogen and oxygen atoms in total. The van der Waals surface area contributed by atoms with Crippen LogP contribution in [0.15, 0.2) is 38.0 Å². The number of hydrogen-bond acceptors (Lipinski definition) is 4. The fourth-order valence-electron chi connectivity index (χ4n) is 1.43. The summed E-state index contributed by atoms with van der Waals surface area (Å²) in [5.74, 6) is -0.766. The molecule has 0 aliphatic carbocycles. The molecule has 2 rings (SSSR count). The first-order valence-corrected chi connectivity index (χ1v) is 5.07. The summed E-state index contributed by atoms with van der Waals surface area (Å²) in [4.78, 5) is 10.5.